The molecule has 0 radical (unpaired) electrons. The van der Waals surface area contributed by atoms with Gasteiger partial charge < -0.3 is 14.1 Å². The standard InChI is InChI=1S/C12H14N2O4/c1-8-10(2-5-17-8)11(15)13-3-4-14-9(6-13)7-18-12(14)16/h2,5,9H,3-4,6-7H2,1H3. The summed E-state index contributed by atoms with van der Waals surface area (Å²) in [7, 11) is 0. The van der Waals surface area contributed by atoms with E-state index in [9.17, 15) is 9.59 Å². The number of aryl methyl sites for hydroxylation is 1. The normalized spacial score (nSPS) is 22.9. The minimum atomic E-state index is -0.272. The smallest absolute Gasteiger partial charge is 0.410 e. The minimum absolute atomic E-state index is 0.0117. The van der Waals surface area contributed by atoms with Gasteiger partial charge in [-0.2, -0.15) is 0 Å². The van der Waals surface area contributed by atoms with E-state index in [4.69, 9.17) is 9.15 Å². The first-order valence-electron chi connectivity index (χ1n) is 5.93. The average molecular weight is 250 g/mol. The van der Waals surface area contributed by atoms with E-state index in [1.54, 1.807) is 22.8 Å². The predicted molar refractivity (Wildman–Crippen MR) is 61.2 cm³/mol. The van der Waals surface area contributed by atoms with Crippen molar-refractivity contribution in [3.8, 4) is 0 Å². The largest absolute Gasteiger partial charge is 0.469 e. The van der Waals surface area contributed by atoms with E-state index in [2.05, 4.69) is 0 Å². The number of fused-ring (bicyclic) bond motifs is 1. The molecule has 0 aliphatic carbocycles. The predicted octanol–water partition coefficient (Wildman–Crippen LogP) is 0.865. The zero-order valence-electron chi connectivity index (χ0n) is 10.1. The van der Waals surface area contributed by atoms with Crippen LogP contribution in [0, 0.1) is 6.92 Å². The van der Waals surface area contributed by atoms with E-state index in [1.807, 2.05) is 0 Å². The molecule has 0 N–H and O–H groups in total. The summed E-state index contributed by atoms with van der Waals surface area (Å²) in [4.78, 5) is 27.1. The van der Waals surface area contributed by atoms with Crippen molar-refractivity contribution in [3.05, 3.63) is 23.7 Å². The number of carbonyl (C=O) groups excluding carboxylic acids is 2. The number of cyclic esters (lactones) is 1. The van der Waals surface area contributed by atoms with Gasteiger partial charge in [-0.15, -0.1) is 0 Å². The Morgan fingerprint density at radius 1 is 1.44 bits per heavy atom. The number of carbonyl (C=O) groups is 2. The van der Waals surface area contributed by atoms with Crippen LogP contribution in [0.2, 0.25) is 0 Å². The molecule has 18 heavy (non-hydrogen) atoms. The van der Waals surface area contributed by atoms with Crippen LogP contribution in [-0.2, 0) is 4.74 Å². The summed E-state index contributed by atoms with van der Waals surface area (Å²) in [6.07, 6.45) is 1.24. The Morgan fingerprint density at radius 3 is 3.00 bits per heavy atom. The maximum absolute atomic E-state index is 12.3. The van der Waals surface area contributed by atoms with Gasteiger partial charge >= 0.3 is 6.09 Å². The van der Waals surface area contributed by atoms with Crippen molar-refractivity contribution in [2.75, 3.05) is 26.2 Å². The van der Waals surface area contributed by atoms with Crippen LogP contribution in [0.3, 0.4) is 0 Å². The highest BCUT2D eigenvalue weighted by Gasteiger charge is 2.39. The Morgan fingerprint density at radius 2 is 2.28 bits per heavy atom. The van der Waals surface area contributed by atoms with Crippen molar-refractivity contribution >= 4 is 12.0 Å². The molecule has 3 heterocycles. The molecule has 96 valence electrons. The molecule has 2 saturated heterocycles. The molecule has 0 bridgehead atoms. The number of ether oxygens (including phenoxy) is 1. The topological polar surface area (TPSA) is 63.0 Å². The molecular weight excluding hydrogens is 236 g/mol. The van der Waals surface area contributed by atoms with Gasteiger partial charge in [0.25, 0.3) is 5.91 Å². The fraction of sp³-hybridized carbons (Fsp3) is 0.500. The van der Waals surface area contributed by atoms with E-state index in [-0.39, 0.29) is 18.0 Å². The summed E-state index contributed by atoms with van der Waals surface area (Å²) >= 11 is 0. The molecule has 2 amide bonds. The quantitative estimate of drug-likeness (QED) is 0.741. The Balaban J connectivity index is 1.74. The fourth-order valence-electron chi connectivity index (χ4n) is 2.45. The van der Waals surface area contributed by atoms with Crippen LogP contribution in [0.5, 0.6) is 0 Å². The molecule has 0 saturated carbocycles. The molecule has 2 fully saturated rings. The summed E-state index contributed by atoms with van der Waals surface area (Å²) in [6.45, 7) is 3.73. The van der Waals surface area contributed by atoms with Gasteiger partial charge in [-0.3, -0.25) is 9.69 Å². The molecule has 1 unspecified atom stereocenters. The van der Waals surface area contributed by atoms with Gasteiger partial charge in [0, 0.05) is 19.6 Å². The first-order valence-corrected chi connectivity index (χ1v) is 5.93. The van der Waals surface area contributed by atoms with Crippen LogP contribution >= 0.6 is 0 Å². The summed E-state index contributed by atoms with van der Waals surface area (Å²) in [5, 5.41) is 0. The SMILES string of the molecule is Cc1occc1C(=O)N1CCN2C(=O)OCC2C1. The molecule has 0 aromatic carbocycles. The summed E-state index contributed by atoms with van der Waals surface area (Å²) < 4.78 is 10.1. The zero-order valence-corrected chi connectivity index (χ0v) is 10.1. The van der Waals surface area contributed by atoms with Crippen LogP contribution in [0.4, 0.5) is 4.79 Å². The molecule has 1 aromatic rings. The van der Waals surface area contributed by atoms with Crippen molar-refractivity contribution in [2.45, 2.75) is 13.0 Å². The Labute approximate surface area is 104 Å². The van der Waals surface area contributed by atoms with E-state index < -0.39 is 0 Å². The second-order valence-electron chi connectivity index (χ2n) is 4.57. The molecule has 6 heteroatoms. The highest BCUT2D eigenvalue weighted by molar-refractivity contribution is 5.95. The monoisotopic (exact) mass is 250 g/mol. The number of hydrogen-bond donors (Lipinski definition) is 0. The van der Waals surface area contributed by atoms with Crippen molar-refractivity contribution in [2.24, 2.45) is 0 Å². The molecule has 3 rings (SSSR count). The lowest BCUT2D eigenvalue weighted by molar-refractivity contribution is 0.0615. The third kappa shape index (κ3) is 1.64. The van der Waals surface area contributed by atoms with Crippen LogP contribution in [0.25, 0.3) is 0 Å². The second-order valence-corrected chi connectivity index (χ2v) is 4.57. The summed E-state index contributed by atoms with van der Waals surface area (Å²) in [5.41, 5.74) is 0.591. The molecule has 2 aliphatic heterocycles. The van der Waals surface area contributed by atoms with Gasteiger partial charge in [0.2, 0.25) is 0 Å². The van der Waals surface area contributed by atoms with Crippen LogP contribution < -0.4 is 0 Å². The first-order chi connectivity index (χ1) is 8.66. The van der Waals surface area contributed by atoms with E-state index >= 15 is 0 Å². The highest BCUT2D eigenvalue weighted by atomic mass is 16.6. The van der Waals surface area contributed by atoms with Crippen LogP contribution in [0.15, 0.2) is 16.7 Å². The number of nitrogens with zero attached hydrogens (tertiary/aromatic N) is 2. The highest BCUT2D eigenvalue weighted by Crippen LogP contribution is 2.20. The lowest BCUT2D eigenvalue weighted by Crippen LogP contribution is -2.53. The molecular formula is C12H14N2O4. The van der Waals surface area contributed by atoms with Gasteiger partial charge in [0.15, 0.2) is 0 Å². The van der Waals surface area contributed by atoms with Crippen molar-refractivity contribution in [3.63, 3.8) is 0 Å². The van der Waals surface area contributed by atoms with Gasteiger partial charge in [0.05, 0.1) is 17.9 Å². The Kier molecular flexibility index (Phi) is 2.50. The first kappa shape index (κ1) is 11.1. The van der Waals surface area contributed by atoms with Crippen LogP contribution in [0.1, 0.15) is 16.1 Å². The van der Waals surface area contributed by atoms with Crippen molar-refractivity contribution in [1.82, 2.24) is 9.80 Å². The summed E-state index contributed by atoms with van der Waals surface area (Å²) in [5.74, 6) is 0.585. The molecule has 0 spiro atoms. The van der Waals surface area contributed by atoms with Gasteiger partial charge in [-0.1, -0.05) is 0 Å². The number of rotatable bonds is 1. The maximum atomic E-state index is 12.3. The number of piperazine rings is 1. The van der Waals surface area contributed by atoms with Crippen LogP contribution in [-0.4, -0.2) is 54.1 Å². The number of amides is 2. The molecule has 6 nitrogen and oxygen atoms in total. The lowest BCUT2D eigenvalue weighted by Gasteiger charge is -2.35. The zero-order chi connectivity index (χ0) is 12.7. The number of furan rings is 1. The lowest BCUT2D eigenvalue weighted by atomic mass is 10.1. The Bertz CT molecular complexity index is 496. The van der Waals surface area contributed by atoms with Gasteiger partial charge in [-0.25, -0.2) is 4.79 Å². The van der Waals surface area contributed by atoms with E-state index in [0.717, 1.165) is 0 Å². The summed E-state index contributed by atoms with van der Waals surface area (Å²) in [6, 6.07) is 1.67. The fourth-order valence-corrected chi connectivity index (χ4v) is 2.45. The number of hydrogen-bond acceptors (Lipinski definition) is 4. The van der Waals surface area contributed by atoms with Gasteiger partial charge in [-0.05, 0) is 13.0 Å². The Hall–Kier alpha value is -1.98. The molecule has 1 atom stereocenters. The third-order valence-electron chi connectivity index (χ3n) is 3.49. The van der Waals surface area contributed by atoms with Crippen molar-refractivity contribution < 1.29 is 18.7 Å². The van der Waals surface area contributed by atoms with E-state index in [0.29, 0.717) is 37.6 Å². The van der Waals surface area contributed by atoms with E-state index in [1.165, 1.54) is 6.26 Å². The van der Waals surface area contributed by atoms with Gasteiger partial charge in [0.1, 0.15) is 12.4 Å². The minimum Gasteiger partial charge on any atom is -0.469 e. The average Bonchev–Trinajstić information content (AvgIpc) is 2.95. The second kappa shape index (κ2) is 4.04. The molecule has 1 aromatic heterocycles. The van der Waals surface area contributed by atoms with Crippen molar-refractivity contribution in [1.29, 1.82) is 0 Å². The molecule has 2 aliphatic rings. The third-order valence-corrected chi connectivity index (χ3v) is 3.49. The maximum Gasteiger partial charge on any atom is 0.410 e.